The first-order chi connectivity index (χ1) is 14.1. The lowest BCUT2D eigenvalue weighted by Gasteiger charge is -2.61. The van der Waals surface area contributed by atoms with E-state index in [0.717, 1.165) is 32.2 Å². The van der Waals surface area contributed by atoms with E-state index in [0.29, 0.717) is 29.6 Å². The van der Waals surface area contributed by atoms with E-state index >= 15 is 0 Å². The van der Waals surface area contributed by atoms with Gasteiger partial charge in [0.05, 0.1) is 0 Å². The second-order valence-corrected chi connectivity index (χ2v) is 9.35. The molecule has 2 N–H and O–H groups in total. The Hall–Kier alpha value is -1.72. The number of rotatable bonds is 9. The molecule has 1 aromatic carbocycles. The van der Waals surface area contributed by atoms with Gasteiger partial charge in [-0.1, -0.05) is 32.9 Å². The van der Waals surface area contributed by atoms with E-state index < -0.39 is 0 Å². The molecule has 1 fully saturated rings. The van der Waals surface area contributed by atoms with Gasteiger partial charge in [-0.15, -0.1) is 0 Å². The van der Waals surface area contributed by atoms with E-state index in [1.807, 2.05) is 0 Å². The third-order valence-corrected chi connectivity index (χ3v) is 7.74. The number of likely N-dealkylation sites (tertiary alicyclic amines) is 1. The fraction of sp³-hybridized carbons (Fsp3) is 0.680. The maximum absolute atomic E-state index is 12.5. The number of ketones is 1. The van der Waals surface area contributed by atoms with E-state index in [4.69, 9.17) is 0 Å². The lowest BCUT2D eigenvalue weighted by molar-refractivity contribution is -0.0961. The van der Waals surface area contributed by atoms with Crippen LogP contribution in [0.2, 0.25) is 0 Å². The van der Waals surface area contributed by atoms with Crippen LogP contribution in [0.25, 0.3) is 0 Å². The Morgan fingerprint density at radius 1 is 1.17 bits per heavy atom. The summed E-state index contributed by atoms with van der Waals surface area (Å²) in [5.74, 6) is 0.411. The number of piperidine rings is 1. The first kappa shape index (κ1) is 24.5. The number of carbonyl (C=O) groups is 2. The predicted molar refractivity (Wildman–Crippen MR) is 124 cm³/mol. The van der Waals surface area contributed by atoms with Gasteiger partial charge in [0.15, 0.2) is 5.78 Å². The zero-order valence-corrected chi connectivity index (χ0v) is 20.0. The molecular weight excluding hydrogens is 374 g/mol. The highest BCUT2D eigenvalue weighted by molar-refractivity contribution is 5.99. The molecule has 0 bridgehead atoms. The van der Waals surface area contributed by atoms with Gasteiger partial charge in [0.1, 0.15) is 0 Å². The summed E-state index contributed by atoms with van der Waals surface area (Å²) >= 11 is 0. The summed E-state index contributed by atoms with van der Waals surface area (Å²) in [7, 11) is 2.08. The fourth-order valence-electron chi connectivity index (χ4n) is 5.20. The van der Waals surface area contributed by atoms with Crippen LogP contribution in [0.4, 0.5) is 0 Å². The van der Waals surface area contributed by atoms with Crippen molar-refractivity contribution in [2.45, 2.75) is 84.3 Å². The Morgan fingerprint density at radius 3 is 2.40 bits per heavy atom. The molecule has 0 spiro atoms. The van der Waals surface area contributed by atoms with Gasteiger partial charge in [-0.05, 0) is 71.6 Å². The quantitative estimate of drug-likeness (QED) is 0.467. The van der Waals surface area contributed by atoms with Gasteiger partial charge in [-0.3, -0.25) is 14.5 Å². The third kappa shape index (κ3) is 4.94. The number of nitrogens with zero attached hydrogens (tertiary/aromatic N) is 1. The first-order valence-corrected chi connectivity index (χ1v) is 11.5. The van der Waals surface area contributed by atoms with Crippen LogP contribution in [-0.4, -0.2) is 53.8 Å². The van der Waals surface area contributed by atoms with Crippen molar-refractivity contribution in [1.82, 2.24) is 15.5 Å². The van der Waals surface area contributed by atoms with Crippen molar-refractivity contribution in [2.75, 3.05) is 20.1 Å². The normalized spacial score (nSPS) is 29.6. The number of hydrogen-bond acceptors (Lipinski definition) is 4. The molecule has 4 atom stereocenters. The number of amides is 1. The molecule has 1 saturated heterocycles. The summed E-state index contributed by atoms with van der Waals surface area (Å²) in [6, 6.07) is 7.45. The first-order valence-electron chi connectivity index (χ1n) is 11.5. The topological polar surface area (TPSA) is 61.4 Å². The van der Waals surface area contributed by atoms with Crippen molar-refractivity contribution in [3.05, 3.63) is 35.4 Å². The Morgan fingerprint density at radius 2 is 1.83 bits per heavy atom. The van der Waals surface area contributed by atoms with Crippen LogP contribution in [0.3, 0.4) is 0 Å². The molecule has 1 aliphatic heterocycles. The highest BCUT2D eigenvalue weighted by Gasteiger charge is 2.51. The van der Waals surface area contributed by atoms with E-state index in [9.17, 15) is 9.59 Å². The van der Waals surface area contributed by atoms with Crippen LogP contribution >= 0.6 is 0 Å². The van der Waals surface area contributed by atoms with Crippen LogP contribution in [0.15, 0.2) is 24.3 Å². The summed E-state index contributed by atoms with van der Waals surface area (Å²) in [5, 5.41) is 6.60. The average molecular weight is 416 g/mol. The zero-order chi connectivity index (χ0) is 22.5. The zero-order valence-electron chi connectivity index (χ0n) is 20.0. The second kappa shape index (κ2) is 10.1. The second-order valence-electron chi connectivity index (χ2n) is 9.35. The molecule has 1 amide bonds. The summed E-state index contributed by atoms with van der Waals surface area (Å²) in [5.41, 5.74) is 1.38. The molecule has 0 saturated carbocycles. The van der Waals surface area contributed by atoms with Gasteiger partial charge < -0.3 is 10.6 Å². The molecule has 2 rings (SSSR count). The number of Topliss-reactive ketones (excluding diaryl/α,β-unsaturated/α-hetero) is 1. The van der Waals surface area contributed by atoms with Gasteiger partial charge in [-0.25, -0.2) is 0 Å². The lowest BCUT2D eigenvalue weighted by Crippen LogP contribution is -2.69. The molecule has 4 unspecified atom stereocenters. The van der Waals surface area contributed by atoms with E-state index in [1.165, 1.54) is 6.92 Å². The van der Waals surface area contributed by atoms with Crippen molar-refractivity contribution >= 4 is 11.7 Å². The molecule has 1 heterocycles. The third-order valence-electron chi connectivity index (χ3n) is 7.74. The number of benzene rings is 1. The number of nitrogens with one attached hydrogen (secondary N) is 2. The Bertz CT molecular complexity index is 750. The maximum atomic E-state index is 12.5. The SMILES string of the molecule is CCC1(C)CC(NC)C(C)C(C)(CC)N1CCCNC(=O)c1cccc(C(C)=O)c1. The number of carbonyl (C=O) groups excluding carboxylic acids is 2. The van der Waals surface area contributed by atoms with E-state index in [-0.39, 0.29) is 22.8 Å². The van der Waals surface area contributed by atoms with Crippen LogP contribution in [-0.2, 0) is 0 Å². The van der Waals surface area contributed by atoms with Gasteiger partial charge in [-0.2, -0.15) is 0 Å². The van der Waals surface area contributed by atoms with Gasteiger partial charge in [0.2, 0.25) is 0 Å². The molecule has 5 nitrogen and oxygen atoms in total. The van der Waals surface area contributed by atoms with Crippen molar-refractivity contribution in [2.24, 2.45) is 5.92 Å². The molecule has 0 aromatic heterocycles. The smallest absolute Gasteiger partial charge is 0.251 e. The van der Waals surface area contributed by atoms with Crippen LogP contribution in [0.5, 0.6) is 0 Å². The molecule has 0 aliphatic carbocycles. The molecule has 168 valence electrons. The minimum atomic E-state index is -0.114. The Kier molecular flexibility index (Phi) is 8.23. The Labute approximate surface area is 183 Å². The summed E-state index contributed by atoms with van der Waals surface area (Å²) < 4.78 is 0. The molecule has 1 aliphatic rings. The van der Waals surface area contributed by atoms with Gasteiger partial charge in [0.25, 0.3) is 5.91 Å². The Balaban J connectivity index is 2.03. The van der Waals surface area contributed by atoms with Crippen molar-refractivity contribution in [3.63, 3.8) is 0 Å². The van der Waals surface area contributed by atoms with Gasteiger partial charge >= 0.3 is 0 Å². The predicted octanol–water partition coefficient (Wildman–Crippen LogP) is 4.28. The van der Waals surface area contributed by atoms with Crippen molar-refractivity contribution < 1.29 is 9.59 Å². The van der Waals surface area contributed by atoms with Crippen molar-refractivity contribution in [1.29, 1.82) is 0 Å². The monoisotopic (exact) mass is 415 g/mol. The lowest BCUT2D eigenvalue weighted by atomic mass is 9.67. The largest absolute Gasteiger partial charge is 0.352 e. The van der Waals surface area contributed by atoms with E-state index in [2.05, 4.69) is 57.2 Å². The molecule has 1 aromatic rings. The summed E-state index contributed by atoms with van der Waals surface area (Å²) in [4.78, 5) is 26.8. The molecule has 5 heteroatoms. The average Bonchev–Trinajstić information content (AvgIpc) is 2.75. The standard InChI is InChI=1S/C25H41N3O2/c1-8-24(5)17-22(26-7)18(3)25(6,9-2)28(24)15-11-14-27-23(30)21-13-10-12-20(16-21)19(4)29/h10,12-13,16,18,22,26H,8-9,11,14-15,17H2,1-7H3,(H,27,30). The van der Waals surface area contributed by atoms with E-state index in [1.54, 1.807) is 24.3 Å². The highest BCUT2D eigenvalue weighted by atomic mass is 16.1. The van der Waals surface area contributed by atoms with Crippen LogP contribution in [0, 0.1) is 5.92 Å². The minimum Gasteiger partial charge on any atom is -0.352 e. The summed E-state index contributed by atoms with van der Waals surface area (Å²) in [6.45, 7) is 14.9. The van der Waals surface area contributed by atoms with Crippen molar-refractivity contribution in [3.8, 4) is 0 Å². The van der Waals surface area contributed by atoms with Crippen LogP contribution in [0.1, 0.15) is 87.9 Å². The van der Waals surface area contributed by atoms with Crippen LogP contribution < -0.4 is 10.6 Å². The minimum absolute atomic E-state index is 0.0264. The molecular formula is C25H41N3O2. The number of hydrogen-bond donors (Lipinski definition) is 2. The summed E-state index contributed by atoms with van der Waals surface area (Å²) in [6.07, 6.45) is 4.25. The fourth-order valence-corrected chi connectivity index (χ4v) is 5.20. The van der Waals surface area contributed by atoms with Gasteiger partial charge in [0, 0.05) is 41.3 Å². The highest BCUT2D eigenvalue weighted by Crippen LogP contribution is 2.45. The maximum Gasteiger partial charge on any atom is 0.251 e. The molecule has 30 heavy (non-hydrogen) atoms. The molecule has 0 radical (unpaired) electrons.